The third-order valence-electron chi connectivity index (χ3n) is 3.97. The summed E-state index contributed by atoms with van der Waals surface area (Å²) >= 11 is 0.348. The first kappa shape index (κ1) is 17.5. The topological polar surface area (TPSA) is 25.4 Å². The second-order valence-corrected chi connectivity index (χ2v) is 6.63. The number of hydrogen-bond acceptors (Lipinski definition) is 4. The largest absolute Gasteiger partial charge is 0.494 e. The summed E-state index contributed by atoms with van der Waals surface area (Å²) in [5.41, 5.74) is 4.14. The number of ether oxygens (including phenoxy) is 1. The molecule has 0 aliphatic heterocycles. The number of anilines is 1. The molecular formula is C20H21FN2OS. The monoisotopic (exact) mass is 356 g/mol. The number of rotatable bonds is 7. The lowest BCUT2D eigenvalue weighted by Gasteiger charge is -2.12. The van der Waals surface area contributed by atoms with Gasteiger partial charge < -0.3 is 9.64 Å². The van der Waals surface area contributed by atoms with Gasteiger partial charge in [-0.25, -0.2) is 4.98 Å². The lowest BCUT2D eigenvalue weighted by Crippen LogP contribution is -2.07. The third-order valence-corrected chi connectivity index (χ3v) is 4.42. The minimum absolute atomic E-state index is 0.348. The molecule has 0 unspecified atom stereocenters. The summed E-state index contributed by atoms with van der Waals surface area (Å²) in [6, 6.07) is 18.3. The van der Waals surface area contributed by atoms with Crippen molar-refractivity contribution in [3.63, 3.8) is 0 Å². The molecule has 0 aliphatic carbocycles. The molecule has 25 heavy (non-hydrogen) atoms. The first-order valence-electron chi connectivity index (χ1n) is 8.22. The second kappa shape index (κ2) is 8.21. The molecule has 5 heteroatoms. The normalized spacial score (nSPS) is 10.8. The maximum atomic E-state index is 12.0. The van der Waals surface area contributed by atoms with Crippen molar-refractivity contribution in [1.82, 2.24) is 4.98 Å². The van der Waals surface area contributed by atoms with Crippen LogP contribution in [0.3, 0.4) is 0 Å². The molecule has 0 aliphatic rings. The zero-order valence-corrected chi connectivity index (χ0v) is 15.2. The fourth-order valence-corrected chi connectivity index (χ4v) is 2.82. The van der Waals surface area contributed by atoms with Gasteiger partial charge in [0, 0.05) is 48.6 Å². The fourth-order valence-electron chi connectivity index (χ4n) is 2.59. The maximum absolute atomic E-state index is 12.0. The van der Waals surface area contributed by atoms with Gasteiger partial charge >= 0.3 is 0 Å². The van der Waals surface area contributed by atoms with E-state index < -0.39 is 0 Å². The highest BCUT2D eigenvalue weighted by molar-refractivity contribution is 7.94. The zero-order valence-electron chi connectivity index (χ0n) is 14.4. The van der Waals surface area contributed by atoms with Crippen molar-refractivity contribution in [3.05, 3.63) is 54.6 Å². The van der Waals surface area contributed by atoms with Gasteiger partial charge in [-0.2, -0.15) is 3.89 Å². The molecular weight excluding hydrogens is 335 g/mol. The van der Waals surface area contributed by atoms with E-state index in [2.05, 4.69) is 35.2 Å². The number of halogens is 1. The van der Waals surface area contributed by atoms with Crippen molar-refractivity contribution in [2.75, 3.05) is 31.4 Å². The number of aromatic nitrogens is 1. The lowest BCUT2D eigenvalue weighted by molar-refractivity contribution is 0.319. The van der Waals surface area contributed by atoms with Crippen LogP contribution in [0.25, 0.3) is 22.2 Å². The van der Waals surface area contributed by atoms with E-state index in [1.54, 1.807) is 0 Å². The molecule has 0 saturated carbocycles. The summed E-state index contributed by atoms with van der Waals surface area (Å²) in [6.45, 7) is 0.520. The molecule has 3 aromatic rings. The predicted molar refractivity (Wildman–Crippen MR) is 105 cm³/mol. The highest BCUT2D eigenvalue weighted by Gasteiger charge is 2.04. The number of hydrogen-bond donors (Lipinski definition) is 0. The van der Waals surface area contributed by atoms with Crippen LogP contribution in [0.15, 0.2) is 54.6 Å². The highest BCUT2D eigenvalue weighted by Crippen LogP contribution is 2.25. The van der Waals surface area contributed by atoms with Gasteiger partial charge in [-0.3, -0.25) is 0 Å². The molecule has 1 aromatic heterocycles. The Morgan fingerprint density at radius 3 is 2.56 bits per heavy atom. The van der Waals surface area contributed by atoms with Crippen molar-refractivity contribution < 1.29 is 8.62 Å². The van der Waals surface area contributed by atoms with Crippen LogP contribution in [0, 0.1) is 0 Å². The van der Waals surface area contributed by atoms with Crippen LogP contribution in [0.4, 0.5) is 9.57 Å². The Morgan fingerprint density at radius 2 is 1.84 bits per heavy atom. The van der Waals surface area contributed by atoms with Crippen molar-refractivity contribution in [2.24, 2.45) is 0 Å². The molecule has 0 atom stereocenters. The molecule has 0 saturated heterocycles. The van der Waals surface area contributed by atoms with Crippen LogP contribution in [0.2, 0.25) is 0 Å². The Morgan fingerprint density at radius 1 is 1.04 bits per heavy atom. The van der Waals surface area contributed by atoms with Gasteiger partial charge in [0.2, 0.25) is 0 Å². The third kappa shape index (κ3) is 4.42. The number of fused-ring (bicyclic) bond motifs is 1. The van der Waals surface area contributed by atoms with Gasteiger partial charge in [0.15, 0.2) is 0 Å². The van der Waals surface area contributed by atoms with E-state index in [4.69, 9.17) is 9.72 Å². The molecule has 0 radical (unpaired) electrons. The molecule has 130 valence electrons. The molecule has 1 heterocycles. The van der Waals surface area contributed by atoms with E-state index in [9.17, 15) is 3.89 Å². The van der Waals surface area contributed by atoms with Crippen molar-refractivity contribution >= 4 is 28.7 Å². The van der Waals surface area contributed by atoms with Crippen molar-refractivity contribution in [1.29, 1.82) is 0 Å². The summed E-state index contributed by atoms with van der Waals surface area (Å²) in [7, 11) is 4.05. The van der Waals surface area contributed by atoms with Gasteiger partial charge in [-0.15, -0.1) is 0 Å². The Hall–Kier alpha value is -2.27. The van der Waals surface area contributed by atoms with Gasteiger partial charge in [-0.1, -0.05) is 18.2 Å². The minimum atomic E-state index is 0.348. The van der Waals surface area contributed by atoms with Crippen LogP contribution in [-0.2, 0) is 0 Å². The highest BCUT2D eigenvalue weighted by atomic mass is 32.2. The Kier molecular flexibility index (Phi) is 5.76. The number of nitrogens with zero attached hydrogens (tertiary/aromatic N) is 2. The standard InChI is InChI=1S/C20H21FN2OS/c1-23(2)17-7-4-15(5-8-17)19-10-6-16-14-18(9-11-20(16)22-19)24-12-3-13-25-21/h4-11,14H,3,12-13H2,1-2H3. The molecule has 0 bridgehead atoms. The first-order chi connectivity index (χ1) is 12.2. The summed E-state index contributed by atoms with van der Waals surface area (Å²) in [5, 5.41) is 1.03. The van der Waals surface area contributed by atoms with E-state index in [1.165, 1.54) is 0 Å². The zero-order chi connectivity index (χ0) is 17.6. The first-order valence-corrected chi connectivity index (χ1v) is 9.11. The molecule has 0 fully saturated rings. The Balaban J connectivity index is 1.78. The van der Waals surface area contributed by atoms with Crippen LogP contribution in [-0.4, -0.2) is 31.4 Å². The van der Waals surface area contributed by atoms with Gasteiger partial charge in [-0.05, 0) is 42.8 Å². The average Bonchev–Trinajstić information content (AvgIpc) is 2.65. The fraction of sp³-hybridized carbons (Fsp3) is 0.250. The van der Waals surface area contributed by atoms with Crippen LogP contribution >= 0.6 is 12.1 Å². The smallest absolute Gasteiger partial charge is 0.120 e. The van der Waals surface area contributed by atoms with Crippen LogP contribution in [0.1, 0.15) is 6.42 Å². The summed E-state index contributed by atoms with van der Waals surface area (Å²) in [4.78, 5) is 6.82. The number of pyridine rings is 1. The van der Waals surface area contributed by atoms with Gasteiger partial charge in [0.05, 0.1) is 17.8 Å². The van der Waals surface area contributed by atoms with Crippen LogP contribution in [0.5, 0.6) is 5.75 Å². The van der Waals surface area contributed by atoms with E-state index in [1.807, 2.05) is 38.4 Å². The molecule has 3 nitrogen and oxygen atoms in total. The van der Waals surface area contributed by atoms with Crippen molar-refractivity contribution in [2.45, 2.75) is 6.42 Å². The van der Waals surface area contributed by atoms with E-state index in [-0.39, 0.29) is 0 Å². The molecule has 0 amide bonds. The van der Waals surface area contributed by atoms with Gasteiger partial charge in [0.1, 0.15) is 5.75 Å². The number of benzene rings is 2. The van der Waals surface area contributed by atoms with Crippen LogP contribution < -0.4 is 9.64 Å². The molecule has 0 N–H and O–H groups in total. The Labute approximate surface area is 152 Å². The quantitative estimate of drug-likeness (QED) is 0.533. The maximum Gasteiger partial charge on any atom is 0.120 e. The lowest BCUT2D eigenvalue weighted by atomic mass is 10.1. The summed E-state index contributed by atoms with van der Waals surface area (Å²) in [6.07, 6.45) is 0.694. The van der Waals surface area contributed by atoms with Crippen molar-refractivity contribution in [3.8, 4) is 17.0 Å². The summed E-state index contributed by atoms with van der Waals surface area (Å²) < 4.78 is 17.7. The second-order valence-electron chi connectivity index (χ2n) is 6.01. The summed E-state index contributed by atoms with van der Waals surface area (Å²) in [5.74, 6) is 1.26. The van der Waals surface area contributed by atoms with E-state index >= 15 is 0 Å². The Bertz CT molecular complexity index is 837. The molecule has 0 spiro atoms. The molecule has 3 rings (SSSR count). The predicted octanol–water partition coefficient (Wildman–Crippen LogP) is 5.35. The minimum Gasteiger partial charge on any atom is -0.494 e. The average molecular weight is 356 g/mol. The molecule has 2 aromatic carbocycles. The SMILES string of the molecule is CN(C)c1ccc(-c2ccc3cc(OCCCSF)ccc3n2)cc1. The van der Waals surface area contributed by atoms with E-state index in [0.29, 0.717) is 30.9 Å². The van der Waals surface area contributed by atoms with E-state index in [0.717, 1.165) is 33.6 Å². The van der Waals surface area contributed by atoms with Gasteiger partial charge in [0.25, 0.3) is 0 Å².